The molecule has 2 aromatic rings. The molecule has 2 rings (SSSR count). The molecule has 0 nitrogen and oxygen atoms in total. The van der Waals surface area contributed by atoms with Crippen LogP contribution in [0.4, 0.5) is 0 Å². The molecule has 0 aliphatic carbocycles. The summed E-state index contributed by atoms with van der Waals surface area (Å²) in [6, 6.07) is 7.11. The van der Waals surface area contributed by atoms with Gasteiger partial charge in [-0.1, -0.05) is 93.4 Å². The van der Waals surface area contributed by atoms with Crippen LogP contribution in [0.15, 0.2) is 18.2 Å². The van der Waals surface area contributed by atoms with Crippen molar-refractivity contribution in [3.05, 3.63) is 57.1 Å². The fourth-order valence-electron chi connectivity index (χ4n) is 3.82. The monoisotopic (exact) mass is 382 g/mol. The molecule has 0 heterocycles. The summed E-state index contributed by atoms with van der Waals surface area (Å²) in [7, 11) is 0. The third-order valence-electron chi connectivity index (χ3n) is 5.26. The van der Waals surface area contributed by atoms with Gasteiger partial charge in [-0.15, -0.1) is 0 Å². The molecule has 0 unspecified atom stereocenters. The molecule has 0 N–H and O–H groups in total. The summed E-state index contributed by atoms with van der Waals surface area (Å²) in [4.78, 5) is 0. The van der Waals surface area contributed by atoms with Crippen molar-refractivity contribution in [3.8, 4) is 0 Å². The van der Waals surface area contributed by atoms with E-state index in [0.29, 0.717) is 0 Å². The summed E-state index contributed by atoms with van der Waals surface area (Å²) in [5, 5.41) is 0. The first-order valence-electron chi connectivity index (χ1n) is 10.2. The van der Waals surface area contributed by atoms with Gasteiger partial charge in [0.25, 0.3) is 0 Å². The van der Waals surface area contributed by atoms with Gasteiger partial charge in [-0.25, -0.2) is 12.1 Å². The third kappa shape index (κ3) is 6.15. The molecule has 0 saturated carbocycles. The second-order valence-electron chi connectivity index (χ2n) is 6.54. The summed E-state index contributed by atoms with van der Waals surface area (Å²) in [6.45, 7) is 15.7. The van der Waals surface area contributed by atoms with E-state index in [4.69, 9.17) is 0 Å². The second kappa shape index (κ2) is 12.6. The summed E-state index contributed by atoms with van der Waals surface area (Å²) in [5.74, 6) is 0. The minimum Gasteiger partial charge on any atom is -0.207 e. The zero-order chi connectivity index (χ0) is 18.1. The molecule has 2 aromatic carbocycles. The van der Waals surface area contributed by atoms with Gasteiger partial charge in [0.2, 0.25) is 0 Å². The van der Waals surface area contributed by atoms with Crippen molar-refractivity contribution >= 4 is 0 Å². The first kappa shape index (κ1) is 24.2. The molecule has 0 spiro atoms. The van der Waals surface area contributed by atoms with Crippen LogP contribution >= 0.6 is 0 Å². The molecule has 0 atom stereocenters. The van der Waals surface area contributed by atoms with Crippen molar-refractivity contribution in [2.45, 2.75) is 93.4 Å². The summed E-state index contributed by atoms with van der Waals surface area (Å²) >= 11 is 0. The zero-order valence-corrected chi connectivity index (χ0v) is 18.6. The molecule has 25 heavy (non-hydrogen) atoms. The minimum atomic E-state index is 0. The maximum absolute atomic E-state index is 2.41. The van der Waals surface area contributed by atoms with Gasteiger partial charge < -0.3 is 0 Å². The molecule has 0 aliphatic heterocycles. The molecule has 0 radical (unpaired) electrons. The van der Waals surface area contributed by atoms with E-state index in [0.717, 1.165) is 0 Å². The molecule has 0 aromatic heterocycles. The average Bonchev–Trinajstić information content (AvgIpc) is 3.21. The Morgan fingerprint density at radius 1 is 0.720 bits per heavy atom. The van der Waals surface area contributed by atoms with E-state index < -0.39 is 0 Å². The molecular formula is C24H38Fe. The molecular weight excluding hydrogens is 344 g/mol. The van der Waals surface area contributed by atoms with Crippen molar-refractivity contribution in [3.63, 3.8) is 0 Å². The Labute approximate surface area is 167 Å². The minimum absolute atomic E-state index is 0. The fourth-order valence-corrected chi connectivity index (χ4v) is 3.82. The van der Waals surface area contributed by atoms with Crippen molar-refractivity contribution < 1.29 is 17.1 Å². The van der Waals surface area contributed by atoms with Gasteiger partial charge >= 0.3 is 17.1 Å². The van der Waals surface area contributed by atoms with Crippen molar-refractivity contribution in [1.82, 2.24) is 0 Å². The molecule has 142 valence electrons. The predicted molar refractivity (Wildman–Crippen MR) is 110 cm³/mol. The first-order chi connectivity index (χ1) is 11.6. The molecule has 0 aliphatic rings. The van der Waals surface area contributed by atoms with Crippen LogP contribution in [0, 0.1) is 0 Å². The standard InChI is InChI=1S/C13H21.C11H17.Fe/c1-5-10-9-11(6-2)13(8-4)12(10)7-3;1-4-9-7-10(5-2)11(6-3)8-9;/h9H,5-8H2,1-4H3;7-8H,4-6H2,1-3H3;/q2*-1;+2. The van der Waals surface area contributed by atoms with Gasteiger partial charge in [0, 0.05) is 0 Å². The van der Waals surface area contributed by atoms with E-state index in [1.807, 2.05) is 0 Å². The van der Waals surface area contributed by atoms with Crippen LogP contribution in [0.2, 0.25) is 0 Å². The van der Waals surface area contributed by atoms with Crippen LogP contribution in [-0.4, -0.2) is 0 Å². The van der Waals surface area contributed by atoms with Crippen molar-refractivity contribution in [2.75, 3.05) is 0 Å². The van der Waals surface area contributed by atoms with E-state index in [9.17, 15) is 0 Å². The number of aryl methyl sites for hydroxylation is 5. The Hall–Kier alpha value is -0.781. The Kier molecular flexibility index (Phi) is 12.2. The Balaban J connectivity index is 0.000000449. The van der Waals surface area contributed by atoms with Crippen LogP contribution in [-0.2, 0) is 62.0 Å². The van der Waals surface area contributed by atoms with E-state index in [2.05, 4.69) is 66.7 Å². The first-order valence-corrected chi connectivity index (χ1v) is 10.2. The van der Waals surface area contributed by atoms with Crippen LogP contribution in [0.1, 0.15) is 87.4 Å². The number of hydrogen-bond acceptors (Lipinski definition) is 0. The average molecular weight is 382 g/mol. The number of hydrogen-bond donors (Lipinski definition) is 0. The van der Waals surface area contributed by atoms with Gasteiger partial charge in [0.05, 0.1) is 0 Å². The maximum Gasteiger partial charge on any atom is 2.00 e. The topological polar surface area (TPSA) is 0 Å². The third-order valence-corrected chi connectivity index (χ3v) is 5.26. The summed E-state index contributed by atoms with van der Waals surface area (Å²) < 4.78 is 0. The molecule has 0 fully saturated rings. The van der Waals surface area contributed by atoms with Crippen LogP contribution in [0.25, 0.3) is 0 Å². The van der Waals surface area contributed by atoms with Gasteiger partial charge in [-0.3, -0.25) is 0 Å². The molecule has 1 heteroatoms. The van der Waals surface area contributed by atoms with E-state index >= 15 is 0 Å². The van der Waals surface area contributed by atoms with Gasteiger partial charge in [0.1, 0.15) is 0 Å². The maximum atomic E-state index is 2.41. The Morgan fingerprint density at radius 2 is 1.36 bits per heavy atom. The Bertz CT molecular complexity index is 550. The zero-order valence-electron chi connectivity index (χ0n) is 17.5. The SMILES string of the molecule is CCc1cc(CC)[c-](CC)c1CC.CCc1cc(CC)c(CC)[cH-]1.[Fe+2]. The quantitative estimate of drug-likeness (QED) is 0.367. The summed E-state index contributed by atoms with van der Waals surface area (Å²) in [6.07, 6.45) is 8.32. The normalized spacial score (nSPS) is 10.2. The van der Waals surface area contributed by atoms with E-state index in [-0.39, 0.29) is 17.1 Å². The predicted octanol–water partition coefficient (Wildman–Crippen LogP) is 6.75. The van der Waals surface area contributed by atoms with Crippen LogP contribution in [0.3, 0.4) is 0 Å². The van der Waals surface area contributed by atoms with E-state index in [1.165, 1.54) is 50.5 Å². The number of rotatable bonds is 7. The van der Waals surface area contributed by atoms with Gasteiger partial charge in [0.15, 0.2) is 0 Å². The van der Waals surface area contributed by atoms with Crippen molar-refractivity contribution in [1.29, 1.82) is 0 Å². The largest absolute Gasteiger partial charge is 2.00 e. The second-order valence-corrected chi connectivity index (χ2v) is 6.54. The molecule has 0 saturated heterocycles. The smallest absolute Gasteiger partial charge is 0.207 e. The Morgan fingerprint density at radius 3 is 1.72 bits per heavy atom. The summed E-state index contributed by atoms with van der Waals surface area (Å²) in [5.41, 5.74) is 11.0. The van der Waals surface area contributed by atoms with E-state index in [1.54, 1.807) is 33.4 Å². The van der Waals surface area contributed by atoms with Crippen LogP contribution < -0.4 is 0 Å². The fraction of sp³-hybridized carbons (Fsp3) is 0.583. The van der Waals surface area contributed by atoms with Gasteiger partial charge in [-0.05, 0) is 0 Å². The molecule has 0 amide bonds. The van der Waals surface area contributed by atoms with Crippen LogP contribution in [0.5, 0.6) is 0 Å². The molecule has 0 bridgehead atoms. The van der Waals surface area contributed by atoms with Crippen molar-refractivity contribution in [2.24, 2.45) is 0 Å². The van der Waals surface area contributed by atoms with Gasteiger partial charge in [-0.2, -0.15) is 45.0 Å².